The van der Waals surface area contributed by atoms with Crippen LogP contribution in [0.2, 0.25) is 5.15 Å². The minimum absolute atomic E-state index is 0.119. The number of hydrogen-bond donors (Lipinski definition) is 1. The van der Waals surface area contributed by atoms with E-state index in [1.807, 2.05) is 13.0 Å². The molecule has 1 aromatic rings. The second-order valence-corrected chi connectivity index (χ2v) is 2.62. The Labute approximate surface area is 80.9 Å². The Morgan fingerprint density at radius 1 is 1.77 bits per heavy atom. The van der Waals surface area contributed by atoms with Crippen LogP contribution in [0.25, 0.3) is 0 Å². The van der Waals surface area contributed by atoms with Crippen molar-refractivity contribution in [2.24, 2.45) is 0 Å². The van der Waals surface area contributed by atoms with Crippen LogP contribution in [-0.2, 0) is 0 Å². The first-order valence-corrected chi connectivity index (χ1v) is 4.05. The number of halogens is 1. The minimum atomic E-state index is 0.119. The fourth-order valence-corrected chi connectivity index (χ4v) is 1.03. The van der Waals surface area contributed by atoms with Crippen LogP contribution in [0.3, 0.4) is 0 Å². The molecule has 0 aliphatic rings. The number of anilines is 1. The van der Waals surface area contributed by atoms with Crippen LogP contribution in [0, 0.1) is 11.3 Å². The summed E-state index contributed by atoms with van der Waals surface area (Å²) < 4.78 is 5.13. The Hall–Kier alpha value is -1.47. The predicted molar refractivity (Wildman–Crippen MR) is 49.5 cm³/mol. The molecule has 1 aromatic heterocycles. The standard InChI is InChI=1S/C8H8ClN3O/c1-2-13-7-3-5(11)6(4-10)12-8(7)9/h3H,2,11H2,1H3. The lowest BCUT2D eigenvalue weighted by molar-refractivity contribution is 0.339. The molecule has 0 atom stereocenters. The van der Waals surface area contributed by atoms with Gasteiger partial charge in [-0.05, 0) is 6.92 Å². The Bertz CT molecular complexity index is 359. The number of nitrogens with zero attached hydrogens (tertiary/aromatic N) is 2. The van der Waals surface area contributed by atoms with Crippen molar-refractivity contribution in [1.82, 2.24) is 4.98 Å². The molecule has 0 unspecified atom stereocenters. The highest BCUT2D eigenvalue weighted by atomic mass is 35.5. The second kappa shape index (κ2) is 3.97. The van der Waals surface area contributed by atoms with Gasteiger partial charge in [-0.2, -0.15) is 5.26 Å². The van der Waals surface area contributed by atoms with Crippen molar-refractivity contribution in [3.05, 3.63) is 16.9 Å². The van der Waals surface area contributed by atoms with Gasteiger partial charge in [0.15, 0.2) is 16.6 Å². The van der Waals surface area contributed by atoms with Gasteiger partial charge in [-0.25, -0.2) is 4.98 Å². The average molecular weight is 198 g/mol. The van der Waals surface area contributed by atoms with E-state index in [0.717, 1.165) is 0 Å². The zero-order chi connectivity index (χ0) is 9.84. The molecule has 0 fully saturated rings. The van der Waals surface area contributed by atoms with E-state index in [4.69, 9.17) is 27.3 Å². The molecule has 0 spiro atoms. The summed E-state index contributed by atoms with van der Waals surface area (Å²) >= 11 is 5.72. The van der Waals surface area contributed by atoms with Gasteiger partial charge in [0.25, 0.3) is 0 Å². The van der Waals surface area contributed by atoms with Crippen LogP contribution in [0.1, 0.15) is 12.6 Å². The molecule has 0 aliphatic heterocycles. The first-order chi connectivity index (χ1) is 6.19. The lowest BCUT2D eigenvalue weighted by Crippen LogP contribution is -1.99. The molecule has 0 aliphatic carbocycles. The molecule has 0 saturated carbocycles. The van der Waals surface area contributed by atoms with E-state index in [9.17, 15) is 0 Å². The van der Waals surface area contributed by atoms with E-state index in [2.05, 4.69) is 4.98 Å². The monoisotopic (exact) mass is 197 g/mol. The summed E-state index contributed by atoms with van der Waals surface area (Å²) in [4.78, 5) is 3.76. The molecule has 2 N–H and O–H groups in total. The van der Waals surface area contributed by atoms with Gasteiger partial charge in [0.05, 0.1) is 12.3 Å². The van der Waals surface area contributed by atoms with E-state index in [1.54, 1.807) is 0 Å². The highest BCUT2D eigenvalue weighted by Crippen LogP contribution is 2.26. The first kappa shape index (κ1) is 9.62. The van der Waals surface area contributed by atoms with Gasteiger partial charge in [0.2, 0.25) is 0 Å². The molecule has 13 heavy (non-hydrogen) atoms. The molecule has 0 amide bonds. The third-order valence-corrected chi connectivity index (χ3v) is 1.65. The van der Waals surface area contributed by atoms with E-state index in [0.29, 0.717) is 12.4 Å². The fourth-order valence-electron chi connectivity index (χ4n) is 0.833. The number of nitrogens with two attached hydrogens (primary N) is 1. The highest BCUT2D eigenvalue weighted by molar-refractivity contribution is 6.30. The maximum Gasteiger partial charge on any atom is 0.172 e. The summed E-state index contributed by atoms with van der Waals surface area (Å²) in [5, 5.41) is 8.73. The minimum Gasteiger partial charge on any atom is -0.491 e. The number of ether oxygens (including phenoxy) is 1. The Morgan fingerprint density at radius 2 is 2.46 bits per heavy atom. The summed E-state index contributed by atoms with van der Waals surface area (Å²) in [6.07, 6.45) is 0. The summed E-state index contributed by atoms with van der Waals surface area (Å²) in [6, 6.07) is 3.33. The molecular formula is C8H8ClN3O. The third-order valence-electron chi connectivity index (χ3n) is 1.38. The Morgan fingerprint density at radius 3 is 3.00 bits per heavy atom. The van der Waals surface area contributed by atoms with Crippen LogP contribution in [0.5, 0.6) is 5.75 Å². The van der Waals surface area contributed by atoms with Crippen LogP contribution < -0.4 is 10.5 Å². The van der Waals surface area contributed by atoms with Crippen molar-refractivity contribution in [3.63, 3.8) is 0 Å². The molecule has 0 aromatic carbocycles. The van der Waals surface area contributed by atoms with E-state index in [-0.39, 0.29) is 16.5 Å². The largest absolute Gasteiger partial charge is 0.491 e. The van der Waals surface area contributed by atoms with Crippen molar-refractivity contribution < 1.29 is 4.74 Å². The molecule has 4 nitrogen and oxygen atoms in total. The number of hydrogen-bond acceptors (Lipinski definition) is 4. The smallest absolute Gasteiger partial charge is 0.172 e. The summed E-state index contributed by atoms with van der Waals surface area (Å²) in [7, 11) is 0. The Balaban J connectivity index is 3.14. The second-order valence-electron chi connectivity index (χ2n) is 2.26. The SMILES string of the molecule is CCOc1cc(N)c(C#N)nc1Cl. The molecule has 1 rings (SSSR count). The highest BCUT2D eigenvalue weighted by Gasteiger charge is 2.07. The summed E-state index contributed by atoms with van der Waals surface area (Å²) in [5.74, 6) is 0.403. The zero-order valence-corrected chi connectivity index (χ0v) is 7.80. The zero-order valence-electron chi connectivity index (χ0n) is 7.04. The summed E-state index contributed by atoms with van der Waals surface area (Å²) in [5.41, 5.74) is 5.90. The lowest BCUT2D eigenvalue weighted by atomic mass is 10.3. The van der Waals surface area contributed by atoms with E-state index < -0.39 is 0 Å². The van der Waals surface area contributed by atoms with E-state index >= 15 is 0 Å². The number of aromatic nitrogens is 1. The maximum absolute atomic E-state index is 8.57. The van der Waals surface area contributed by atoms with Crippen molar-refractivity contribution >= 4 is 17.3 Å². The van der Waals surface area contributed by atoms with Gasteiger partial charge >= 0.3 is 0 Å². The van der Waals surface area contributed by atoms with Crippen molar-refractivity contribution in [3.8, 4) is 11.8 Å². The van der Waals surface area contributed by atoms with Crippen LogP contribution >= 0.6 is 11.6 Å². The maximum atomic E-state index is 8.57. The third kappa shape index (κ3) is 2.01. The molecule has 68 valence electrons. The molecule has 0 bridgehead atoms. The summed E-state index contributed by atoms with van der Waals surface area (Å²) in [6.45, 7) is 2.30. The van der Waals surface area contributed by atoms with Crippen molar-refractivity contribution in [1.29, 1.82) is 5.26 Å². The molecule has 0 saturated heterocycles. The van der Waals surface area contributed by atoms with Crippen LogP contribution in [-0.4, -0.2) is 11.6 Å². The van der Waals surface area contributed by atoms with Gasteiger partial charge in [-0.1, -0.05) is 11.6 Å². The van der Waals surface area contributed by atoms with E-state index in [1.165, 1.54) is 6.07 Å². The molecule has 5 heteroatoms. The van der Waals surface area contributed by atoms with Gasteiger partial charge in [-0.3, -0.25) is 0 Å². The first-order valence-electron chi connectivity index (χ1n) is 3.68. The number of nitrogen functional groups attached to an aromatic ring is 1. The number of pyridine rings is 1. The van der Waals surface area contributed by atoms with Crippen molar-refractivity contribution in [2.75, 3.05) is 12.3 Å². The Kier molecular flexibility index (Phi) is 2.93. The lowest BCUT2D eigenvalue weighted by Gasteiger charge is -2.05. The van der Waals surface area contributed by atoms with Gasteiger partial charge < -0.3 is 10.5 Å². The van der Waals surface area contributed by atoms with Crippen LogP contribution in [0.15, 0.2) is 6.07 Å². The van der Waals surface area contributed by atoms with Crippen LogP contribution in [0.4, 0.5) is 5.69 Å². The molecule has 1 heterocycles. The van der Waals surface area contributed by atoms with Gasteiger partial charge in [0.1, 0.15) is 6.07 Å². The van der Waals surface area contributed by atoms with Crippen molar-refractivity contribution in [2.45, 2.75) is 6.92 Å². The molecule has 0 radical (unpaired) electrons. The normalized spacial score (nSPS) is 9.31. The number of nitriles is 1. The molecular weight excluding hydrogens is 190 g/mol. The number of rotatable bonds is 2. The topological polar surface area (TPSA) is 71.9 Å². The average Bonchev–Trinajstić information content (AvgIpc) is 2.11. The van der Waals surface area contributed by atoms with Gasteiger partial charge in [0, 0.05) is 6.07 Å². The fraction of sp³-hybridized carbons (Fsp3) is 0.250. The quantitative estimate of drug-likeness (QED) is 0.731. The van der Waals surface area contributed by atoms with Gasteiger partial charge in [-0.15, -0.1) is 0 Å². The predicted octanol–water partition coefficient (Wildman–Crippen LogP) is 1.59.